The summed E-state index contributed by atoms with van der Waals surface area (Å²) in [6, 6.07) is 11.2. The third-order valence-electron chi connectivity index (χ3n) is 3.74. The highest BCUT2D eigenvalue weighted by molar-refractivity contribution is 5.96. The molecule has 0 aliphatic heterocycles. The predicted molar refractivity (Wildman–Crippen MR) is 95.0 cm³/mol. The highest BCUT2D eigenvalue weighted by Gasteiger charge is 2.18. The molecule has 2 aromatic rings. The maximum Gasteiger partial charge on any atom is 0.274 e. The molecule has 140 valence electrons. The number of carbonyl (C=O) groups excluding carboxylic acids is 2. The molecule has 2 amide bonds. The number of nitro groups is 2. The molecule has 2 rings (SSSR count). The molecule has 0 heterocycles. The van der Waals surface area contributed by atoms with Crippen LogP contribution in [0.2, 0.25) is 0 Å². The third-order valence-corrected chi connectivity index (χ3v) is 3.74. The van der Waals surface area contributed by atoms with Crippen molar-refractivity contribution in [3.05, 3.63) is 79.9 Å². The molecule has 0 aliphatic rings. The zero-order valence-corrected chi connectivity index (χ0v) is 14.3. The van der Waals surface area contributed by atoms with Gasteiger partial charge in [0.1, 0.15) is 0 Å². The van der Waals surface area contributed by atoms with E-state index in [-0.39, 0.29) is 30.0 Å². The van der Waals surface area contributed by atoms with Crippen LogP contribution in [0.25, 0.3) is 0 Å². The second kappa shape index (κ2) is 8.52. The van der Waals surface area contributed by atoms with Gasteiger partial charge < -0.3 is 10.2 Å². The minimum atomic E-state index is -0.633. The summed E-state index contributed by atoms with van der Waals surface area (Å²) >= 11 is 0. The lowest BCUT2D eigenvalue weighted by atomic mass is 10.1. The summed E-state index contributed by atoms with van der Waals surface area (Å²) < 4.78 is 0. The first kappa shape index (κ1) is 19.5. The molecule has 1 N–H and O–H groups in total. The Balaban J connectivity index is 1.97. The Kier molecular flexibility index (Phi) is 6.15. The van der Waals surface area contributed by atoms with Crippen LogP contribution in [0.3, 0.4) is 0 Å². The van der Waals surface area contributed by atoms with E-state index >= 15 is 0 Å². The molecular weight excluding hydrogens is 356 g/mol. The minimum absolute atomic E-state index is 0.00264. The molecule has 0 aromatic heterocycles. The number of hydrogen-bond acceptors (Lipinski definition) is 6. The molecule has 0 radical (unpaired) electrons. The lowest BCUT2D eigenvalue weighted by Gasteiger charge is -2.17. The van der Waals surface area contributed by atoms with Crippen LogP contribution in [0.1, 0.15) is 15.9 Å². The van der Waals surface area contributed by atoms with Crippen molar-refractivity contribution in [1.29, 1.82) is 0 Å². The first-order valence-corrected chi connectivity index (χ1v) is 7.78. The smallest absolute Gasteiger partial charge is 0.274 e. The van der Waals surface area contributed by atoms with Gasteiger partial charge in [0, 0.05) is 36.4 Å². The van der Waals surface area contributed by atoms with Gasteiger partial charge in [0.25, 0.3) is 17.3 Å². The number of likely N-dealkylation sites (N-methyl/N-ethyl adjacent to an activating group) is 1. The molecule has 0 saturated heterocycles. The Labute approximate surface area is 153 Å². The maximum atomic E-state index is 12.2. The monoisotopic (exact) mass is 372 g/mol. The van der Waals surface area contributed by atoms with Gasteiger partial charge in [-0.3, -0.25) is 29.8 Å². The van der Waals surface area contributed by atoms with E-state index in [1.807, 2.05) is 0 Å². The first-order chi connectivity index (χ1) is 12.8. The van der Waals surface area contributed by atoms with Crippen LogP contribution in [0, 0.1) is 20.2 Å². The molecule has 10 heteroatoms. The van der Waals surface area contributed by atoms with Crippen LogP contribution < -0.4 is 5.32 Å². The van der Waals surface area contributed by atoms with E-state index < -0.39 is 21.7 Å². The number of benzene rings is 2. The molecule has 0 fully saturated rings. The van der Waals surface area contributed by atoms with Crippen molar-refractivity contribution in [2.24, 2.45) is 0 Å². The van der Waals surface area contributed by atoms with Crippen LogP contribution in [0.15, 0.2) is 48.5 Å². The average Bonchev–Trinajstić information content (AvgIpc) is 2.66. The molecule has 10 nitrogen and oxygen atoms in total. The quantitative estimate of drug-likeness (QED) is 0.582. The summed E-state index contributed by atoms with van der Waals surface area (Å²) in [5, 5.41) is 24.1. The van der Waals surface area contributed by atoms with Crippen LogP contribution >= 0.6 is 0 Å². The zero-order chi connectivity index (χ0) is 20.0. The van der Waals surface area contributed by atoms with Gasteiger partial charge in [-0.25, -0.2) is 0 Å². The molecule has 2 aromatic carbocycles. The number of non-ortho nitro benzene ring substituents is 1. The van der Waals surface area contributed by atoms with Crippen molar-refractivity contribution in [1.82, 2.24) is 10.2 Å². The Hall–Kier alpha value is -3.82. The molecule has 0 spiro atoms. The lowest BCUT2D eigenvalue weighted by molar-refractivity contribution is -0.385. The summed E-state index contributed by atoms with van der Waals surface area (Å²) in [6.45, 7) is -0.346. The summed E-state index contributed by atoms with van der Waals surface area (Å²) in [7, 11) is 1.46. The summed E-state index contributed by atoms with van der Waals surface area (Å²) in [5.41, 5.74) is 0.0852. The number of nitro benzene ring substituents is 2. The van der Waals surface area contributed by atoms with Crippen LogP contribution in [-0.4, -0.2) is 40.2 Å². The van der Waals surface area contributed by atoms with E-state index in [0.29, 0.717) is 5.56 Å². The fourth-order valence-corrected chi connectivity index (χ4v) is 2.32. The number of amides is 2. The van der Waals surface area contributed by atoms with Crippen LogP contribution in [0.4, 0.5) is 11.4 Å². The molecule has 0 atom stereocenters. The van der Waals surface area contributed by atoms with Gasteiger partial charge in [0.2, 0.25) is 5.91 Å². The second-order valence-electron chi connectivity index (χ2n) is 5.63. The standard InChI is InChI=1S/C17H16N4O6/c1-19(11-13-5-2-3-8-15(13)21(26)27)16(22)10-18-17(23)12-6-4-7-14(9-12)20(24)25/h2-9H,10-11H2,1H3,(H,18,23). The number of nitrogens with one attached hydrogen (secondary N) is 1. The number of rotatable bonds is 7. The van der Waals surface area contributed by atoms with Crippen molar-refractivity contribution in [3.63, 3.8) is 0 Å². The molecule has 27 heavy (non-hydrogen) atoms. The largest absolute Gasteiger partial charge is 0.343 e. The molecular formula is C17H16N4O6. The third kappa shape index (κ3) is 5.08. The summed E-state index contributed by atoms with van der Waals surface area (Å²) in [5.74, 6) is -1.10. The van der Waals surface area contributed by atoms with Gasteiger partial charge in [0.15, 0.2) is 0 Å². The van der Waals surface area contributed by atoms with E-state index in [2.05, 4.69) is 5.32 Å². The van der Waals surface area contributed by atoms with Gasteiger partial charge in [-0.1, -0.05) is 24.3 Å². The van der Waals surface area contributed by atoms with E-state index in [4.69, 9.17) is 0 Å². The van der Waals surface area contributed by atoms with Gasteiger partial charge in [-0.2, -0.15) is 0 Å². The summed E-state index contributed by atoms with van der Waals surface area (Å²) in [4.78, 5) is 46.1. The molecule has 0 aliphatic carbocycles. The average molecular weight is 372 g/mol. The normalized spacial score (nSPS) is 10.1. The van der Waals surface area contributed by atoms with Crippen molar-refractivity contribution in [3.8, 4) is 0 Å². The van der Waals surface area contributed by atoms with Gasteiger partial charge in [-0.15, -0.1) is 0 Å². The number of para-hydroxylation sites is 1. The van der Waals surface area contributed by atoms with Crippen molar-refractivity contribution >= 4 is 23.2 Å². The minimum Gasteiger partial charge on any atom is -0.343 e. The van der Waals surface area contributed by atoms with Gasteiger partial charge in [0.05, 0.1) is 22.9 Å². The van der Waals surface area contributed by atoms with E-state index in [9.17, 15) is 29.8 Å². The lowest BCUT2D eigenvalue weighted by Crippen LogP contribution is -2.37. The highest BCUT2D eigenvalue weighted by Crippen LogP contribution is 2.19. The number of hydrogen-bond donors (Lipinski definition) is 1. The van der Waals surface area contributed by atoms with Crippen molar-refractivity contribution < 1.29 is 19.4 Å². The Morgan fingerprint density at radius 3 is 2.41 bits per heavy atom. The first-order valence-electron chi connectivity index (χ1n) is 7.78. The fourth-order valence-electron chi connectivity index (χ4n) is 2.32. The Morgan fingerprint density at radius 1 is 1.04 bits per heavy atom. The van der Waals surface area contributed by atoms with Gasteiger partial charge >= 0.3 is 0 Å². The second-order valence-corrected chi connectivity index (χ2v) is 5.63. The maximum absolute atomic E-state index is 12.2. The van der Waals surface area contributed by atoms with Crippen molar-refractivity contribution in [2.75, 3.05) is 13.6 Å². The van der Waals surface area contributed by atoms with Crippen molar-refractivity contribution in [2.45, 2.75) is 6.54 Å². The van der Waals surface area contributed by atoms with Crippen LogP contribution in [0.5, 0.6) is 0 Å². The van der Waals surface area contributed by atoms with E-state index in [0.717, 1.165) is 6.07 Å². The summed E-state index contributed by atoms with van der Waals surface area (Å²) in [6.07, 6.45) is 0. The number of nitrogens with zero attached hydrogens (tertiary/aromatic N) is 3. The van der Waals surface area contributed by atoms with Gasteiger partial charge in [-0.05, 0) is 6.07 Å². The predicted octanol–water partition coefficient (Wildman–Crippen LogP) is 1.89. The molecule has 0 unspecified atom stereocenters. The van der Waals surface area contributed by atoms with E-state index in [1.54, 1.807) is 12.1 Å². The van der Waals surface area contributed by atoms with E-state index in [1.165, 1.54) is 42.3 Å². The Morgan fingerprint density at radius 2 is 1.74 bits per heavy atom. The SMILES string of the molecule is CN(Cc1ccccc1[N+](=O)[O-])C(=O)CNC(=O)c1cccc([N+](=O)[O-])c1. The molecule has 0 bridgehead atoms. The topological polar surface area (TPSA) is 136 Å². The fraction of sp³-hybridized carbons (Fsp3) is 0.176. The highest BCUT2D eigenvalue weighted by atomic mass is 16.6. The number of carbonyl (C=O) groups is 2. The Bertz CT molecular complexity index is 898. The van der Waals surface area contributed by atoms with Crippen LogP contribution in [-0.2, 0) is 11.3 Å². The molecule has 0 saturated carbocycles. The zero-order valence-electron chi connectivity index (χ0n) is 14.3.